The van der Waals surface area contributed by atoms with E-state index in [1.54, 1.807) is 60.7 Å². The fourth-order valence-corrected chi connectivity index (χ4v) is 3.36. The van der Waals surface area contributed by atoms with Gasteiger partial charge in [0.05, 0.1) is 11.1 Å². The van der Waals surface area contributed by atoms with Crippen LogP contribution in [0.4, 0.5) is 0 Å². The van der Waals surface area contributed by atoms with Crippen LogP contribution >= 0.6 is 0 Å². The summed E-state index contributed by atoms with van der Waals surface area (Å²) >= 11 is 0. The zero-order valence-electron chi connectivity index (χ0n) is 18.4. The summed E-state index contributed by atoms with van der Waals surface area (Å²) in [6.07, 6.45) is -3.83. The molecule has 0 aromatic heterocycles. The maximum atomic E-state index is 12.9. The maximum absolute atomic E-state index is 12.9. The van der Waals surface area contributed by atoms with E-state index in [0.29, 0.717) is 0 Å². The Bertz CT molecular complexity index is 1010. The quantitative estimate of drug-likeness (QED) is 0.458. The molecular formula is C24H24O9. The van der Waals surface area contributed by atoms with Gasteiger partial charge < -0.3 is 23.7 Å². The van der Waals surface area contributed by atoms with Crippen molar-refractivity contribution in [1.29, 1.82) is 0 Å². The normalized spacial score (nSPS) is 23.9. The highest BCUT2D eigenvalue weighted by Crippen LogP contribution is 2.38. The molecule has 1 fully saturated rings. The zero-order chi connectivity index (χ0) is 24.0. The Morgan fingerprint density at radius 1 is 0.818 bits per heavy atom. The van der Waals surface area contributed by atoms with Crippen molar-refractivity contribution >= 4 is 23.9 Å². The molecule has 0 spiro atoms. The van der Waals surface area contributed by atoms with Crippen LogP contribution in [0.1, 0.15) is 41.5 Å². The van der Waals surface area contributed by atoms with Gasteiger partial charge in [0, 0.05) is 13.8 Å². The highest BCUT2D eigenvalue weighted by Gasteiger charge is 2.61. The molecule has 2 aromatic carbocycles. The third-order valence-electron chi connectivity index (χ3n) is 5.04. The van der Waals surface area contributed by atoms with Crippen LogP contribution in [-0.2, 0) is 33.3 Å². The van der Waals surface area contributed by atoms with Crippen LogP contribution in [0.5, 0.6) is 0 Å². The zero-order valence-corrected chi connectivity index (χ0v) is 18.4. The fourth-order valence-electron chi connectivity index (χ4n) is 3.36. The summed E-state index contributed by atoms with van der Waals surface area (Å²) < 4.78 is 27.4. The maximum Gasteiger partial charge on any atom is 0.338 e. The molecule has 3 rings (SSSR count). The first-order valence-electron chi connectivity index (χ1n) is 10.2. The second-order valence-corrected chi connectivity index (χ2v) is 7.54. The summed E-state index contributed by atoms with van der Waals surface area (Å²) in [5.74, 6) is -2.76. The van der Waals surface area contributed by atoms with Gasteiger partial charge in [0.25, 0.3) is 0 Å². The molecule has 0 saturated carbocycles. The van der Waals surface area contributed by atoms with E-state index in [0.717, 1.165) is 6.92 Å². The van der Waals surface area contributed by atoms with Crippen molar-refractivity contribution in [3.05, 3.63) is 71.8 Å². The Balaban J connectivity index is 1.95. The van der Waals surface area contributed by atoms with E-state index in [1.807, 2.05) is 0 Å². The Kier molecular flexibility index (Phi) is 7.44. The van der Waals surface area contributed by atoms with Crippen molar-refractivity contribution in [2.45, 2.75) is 44.9 Å². The summed E-state index contributed by atoms with van der Waals surface area (Å²) in [5, 5.41) is 0. The Labute approximate surface area is 190 Å². The van der Waals surface area contributed by atoms with E-state index in [2.05, 4.69) is 0 Å². The molecular weight excluding hydrogens is 432 g/mol. The topological polar surface area (TPSA) is 114 Å². The third kappa shape index (κ3) is 5.75. The Hall–Kier alpha value is -3.72. The molecule has 9 nitrogen and oxygen atoms in total. The smallest absolute Gasteiger partial charge is 0.338 e. The summed E-state index contributed by atoms with van der Waals surface area (Å²) in [5.41, 5.74) is -1.18. The van der Waals surface area contributed by atoms with Gasteiger partial charge in [-0.25, -0.2) is 9.59 Å². The molecule has 1 saturated heterocycles. The molecule has 1 heterocycles. The predicted molar refractivity (Wildman–Crippen MR) is 113 cm³/mol. The first-order valence-corrected chi connectivity index (χ1v) is 10.2. The van der Waals surface area contributed by atoms with Crippen LogP contribution in [0.15, 0.2) is 60.7 Å². The van der Waals surface area contributed by atoms with Crippen molar-refractivity contribution < 1.29 is 42.9 Å². The number of hydrogen-bond donors (Lipinski definition) is 0. The van der Waals surface area contributed by atoms with Crippen molar-refractivity contribution in [3.63, 3.8) is 0 Å². The highest BCUT2D eigenvalue weighted by molar-refractivity contribution is 5.90. The average molecular weight is 456 g/mol. The fraction of sp³-hybridized carbons (Fsp3) is 0.333. The first-order chi connectivity index (χ1) is 15.7. The SMILES string of the molecule is CC(=O)OC[C@H]1O[C@H](OC(C)=O)C(OC(=O)c2ccccc2)[C@]1(C)OC(=O)c1ccccc1. The molecule has 0 N–H and O–H groups in total. The number of carbonyl (C=O) groups excluding carboxylic acids is 4. The predicted octanol–water partition coefficient (Wildman–Crippen LogP) is 2.68. The largest absolute Gasteiger partial charge is 0.463 e. The van der Waals surface area contributed by atoms with Crippen molar-refractivity contribution in [2.24, 2.45) is 0 Å². The minimum Gasteiger partial charge on any atom is -0.463 e. The molecule has 0 bridgehead atoms. The third-order valence-corrected chi connectivity index (χ3v) is 5.04. The minimum absolute atomic E-state index is 0.235. The van der Waals surface area contributed by atoms with Gasteiger partial charge >= 0.3 is 23.9 Å². The lowest BCUT2D eigenvalue weighted by Crippen LogP contribution is -2.53. The van der Waals surface area contributed by atoms with Gasteiger partial charge in [-0.15, -0.1) is 0 Å². The van der Waals surface area contributed by atoms with Crippen molar-refractivity contribution in [2.75, 3.05) is 6.61 Å². The van der Waals surface area contributed by atoms with Crippen molar-refractivity contribution in [1.82, 2.24) is 0 Å². The van der Waals surface area contributed by atoms with Gasteiger partial charge in [0.2, 0.25) is 12.4 Å². The monoisotopic (exact) mass is 456 g/mol. The lowest BCUT2D eigenvalue weighted by molar-refractivity contribution is -0.189. The lowest BCUT2D eigenvalue weighted by atomic mass is 9.94. The standard InChI is InChI=1S/C24H24O9/c1-15(25)29-14-19-24(3,33-22(28)18-12-8-5-9-13-18)20(23(31-19)30-16(2)26)32-21(27)17-10-6-4-7-11-17/h4-13,19-20,23H,14H2,1-3H3/t19-,20?,23+,24-/m1/s1. The second-order valence-electron chi connectivity index (χ2n) is 7.54. The minimum atomic E-state index is -1.66. The van der Waals surface area contributed by atoms with Gasteiger partial charge in [0.15, 0.2) is 5.60 Å². The van der Waals surface area contributed by atoms with Gasteiger partial charge in [-0.1, -0.05) is 36.4 Å². The van der Waals surface area contributed by atoms with E-state index < -0.39 is 48.0 Å². The highest BCUT2D eigenvalue weighted by atomic mass is 16.8. The van der Waals surface area contributed by atoms with Crippen LogP contribution in [0.25, 0.3) is 0 Å². The molecule has 9 heteroatoms. The molecule has 0 aliphatic carbocycles. The van der Waals surface area contributed by atoms with E-state index in [1.165, 1.54) is 13.8 Å². The van der Waals surface area contributed by atoms with E-state index in [9.17, 15) is 19.2 Å². The van der Waals surface area contributed by atoms with E-state index >= 15 is 0 Å². The lowest BCUT2D eigenvalue weighted by Gasteiger charge is -2.33. The first kappa shape index (κ1) is 23.9. The molecule has 0 amide bonds. The molecule has 0 radical (unpaired) electrons. The summed E-state index contributed by atoms with van der Waals surface area (Å²) in [6, 6.07) is 16.3. The van der Waals surface area contributed by atoms with Crippen molar-refractivity contribution in [3.8, 4) is 0 Å². The average Bonchev–Trinajstić information content (AvgIpc) is 3.03. The van der Waals surface area contributed by atoms with Gasteiger partial charge in [-0.2, -0.15) is 0 Å². The van der Waals surface area contributed by atoms with E-state index in [-0.39, 0.29) is 17.7 Å². The van der Waals surface area contributed by atoms with Crippen LogP contribution in [0.3, 0.4) is 0 Å². The van der Waals surface area contributed by atoms with Gasteiger partial charge in [0.1, 0.15) is 12.7 Å². The second kappa shape index (κ2) is 10.3. The van der Waals surface area contributed by atoms with Crippen LogP contribution in [-0.4, -0.2) is 54.6 Å². The number of rotatable bonds is 7. The van der Waals surface area contributed by atoms with E-state index in [4.69, 9.17) is 23.7 Å². The molecule has 1 unspecified atom stereocenters. The van der Waals surface area contributed by atoms with Gasteiger partial charge in [-0.05, 0) is 31.2 Å². The van der Waals surface area contributed by atoms with Crippen LogP contribution in [0.2, 0.25) is 0 Å². The number of esters is 4. The number of carbonyl (C=O) groups is 4. The summed E-state index contributed by atoms with van der Waals surface area (Å²) in [6.45, 7) is 3.50. The molecule has 174 valence electrons. The molecule has 2 aromatic rings. The van der Waals surface area contributed by atoms with Crippen LogP contribution in [0, 0.1) is 0 Å². The Morgan fingerprint density at radius 3 is 1.88 bits per heavy atom. The molecule has 1 aliphatic heterocycles. The molecule has 33 heavy (non-hydrogen) atoms. The molecule has 4 atom stereocenters. The Morgan fingerprint density at radius 2 is 1.36 bits per heavy atom. The number of ether oxygens (including phenoxy) is 5. The summed E-state index contributed by atoms with van der Waals surface area (Å²) in [4.78, 5) is 48.8. The number of hydrogen-bond acceptors (Lipinski definition) is 9. The van der Waals surface area contributed by atoms with Gasteiger partial charge in [-0.3, -0.25) is 9.59 Å². The van der Waals surface area contributed by atoms with Crippen LogP contribution < -0.4 is 0 Å². The number of benzene rings is 2. The summed E-state index contributed by atoms with van der Waals surface area (Å²) in [7, 11) is 0. The molecule has 1 aliphatic rings.